The number of likely N-dealkylation sites (tertiary alicyclic amines) is 1. The maximum absolute atomic E-state index is 13.6. The van der Waals surface area contributed by atoms with Gasteiger partial charge < -0.3 is 20.0 Å². The van der Waals surface area contributed by atoms with Crippen LogP contribution >= 0.6 is 0 Å². The van der Waals surface area contributed by atoms with Crippen LogP contribution in [0.4, 0.5) is 10.1 Å². The van der Waals surface area contributed by atoms with Crippen molar-refractivity contribution < 1.29 is 18.4 Å². The number of nitrogens with zero attached hydrogens (tertiary/aromatic N) is 1. The van der Waals surface area contributed by atoms with Crippen LogP contribution in [0.1, 0.15) is 34.5 Å². The molecule has 5 rings (SSSR count). The minimum absolute atomic E-state index is 0.0408. The molecule has 2 aliphatic heterocycles. The first-order chi connectivity index (χ1) is 16.0. The summed E-state index contributed by atoms with van der Waals surface area (Å²) in [5.41, 5.74) is 2.92. The average Bonchev–Trinajstić information content (AvgIpc) is 3.43. The molecule has 3 heterocycles. The molecule has 168 valence electrons. The number of nitrogens with one attached hydrogen (secondary N) is 2. The summed E-state index contributed by atoms with van der Waals surface area (Å²) in [4.78, 5) is 27.0. The van der Waals surface area contributed by atoms with Crippen molar-refractivity contribution in [2.45, 2.75) is 18.9 Å². The molecule has 2 aromatic carbocycles. The van der Waals surface area contributed by atoms with Crippen LogP contribution in [0.25, 0.3) is 23.0 Å². The summed E-state index contributed by atoms with van der Waals surface area (Å²) < 4.78 is 19.6. The molecule has 0 atom stereocenters. The minimum atomic E-state index is -0.405. The van der Waals surface area contributed by atoms with E-state index < -0.39 is 5.82 Å². The summed E-state index contributed by atoms with van der Waals surface area (Å²) in [5, 5.41) is 6.00. The Balaban J connectivity index is 1.32. The Morgan fingerprint density at radius 3 is 2.61 bits per heavy atom. The number of carbonyl (C=O) groups excluding carboxylic acids is 2. The first-order valence-corrected chi connectivity index (χ1v) is 11.0. The molecule has 1 fully saturated rings. The number of hydrogen-bond acceptors (Lipinski definition) is 4. The summed E-state index contributed by atoms with van der Waals surface area (Å²) in [6.07, 6.45) is 3.52. The number of rotatable bonds is 4. The molecular formula is C26H24FN3O3. The highest BCUT2D eigenvalue weighted by atomic mass is 19.1. The van der Waals surface area contributed by atoms with Gasteiger partial charge in [-0.25, -0.2) is 4.39 Å². The Bertz CT molecular complexity index is 1240. The van der Waals surface area contributed by atoms with Gasteiger partial charge in [0, 0.05) is 41.5 Å². The molecule has 1 saturated heterocycles. The normalized spacial score (nSPS) is 17.3. The van der Waals surface area contributed by atoms with Crippen LogP contribution in [-0.2, 0) is 4.79 Å². The van der Waals surface area contributed by atoms with Crippen molar-refractivity contribution in [1.82, 2.24) is 10.2 Å². The van der Waals surface area contributed by atoms with Gasteiger partial charge in [-0.15, -0.1) is 0 Å². The molecule has 0 unspecified atom stereocenters. The Morgan fingerprint density at radius 1 is 1.12 bits per heavy atom. The largest absolute Gasteiger partial charge is 0.457 e. The highest BCUT2D eigenvalue weighted by Gasteiger charge is 2.25. The van der Waals surface area contributed by atoms with Crippen molar-refractivity contribution in [3.8, 4) is 11.3 Å². The third kappa shape index (κ3) is 4.19. The van der Waals surface area contributed by atoms with E-state index in [9.17, 15) is 14.0 Å². The van der Waals surface area contributed by atoms with Crippen LogP contribution in [0.15, 0.2) is 59.0 Å². The predicted octanol–water partition coefficient (Wildman–Crippen LogP) is 4.40. The SMILES string of the molecule is CNC1CCN(C(=O)c2ccc(-c3ccc(/C=C4/C(=O)Nc5ccc(F)cc54)o3)cc2)CC1. The van der Waals surface area contributed by atoms with E-state index in [1.807, 2.05) is 42.3 Å². The molecule has 2 N–H and O–H groups in total. The lowest BCUT2D eigenvalue weighted by Gasteiger charge is -2.31. The smallest absolute Gasteiger partial charge is 0.256 e. The Hall–Kier alpha value is -3.71. The maximum Gasteiger partial charge on any atom is 0.256 e. The van der Waals surface area contributed by atoms with E-state index >= 15 is 0 Å². The lowest BCUT2D eigenvalue weighted by atomic mass is 10.0. The number of halogens is 1. The topological polar surface area (TPSA) is 74.6 Å². The summed E-state index contributed by atoms with van der Waals surface area (Å²) in [6, 6.07) is 15.6. The van der Waals surface area contributed by atoms with Gasteiger partial charge in [0.05, 0.1) is 5.57 Å². The number of benzene rings is 2. The number of amides is 2. The van der Waals surface area contributed by atoms with Gasteiger partial charge in [-0.1, -0.05) is 12.1 Å². The fourth-order valence-corrected chi connectivity index (χ4v) is 4.36. The van der Waals surface area contributed by atoms with Gasteiger partial charge in [-0.2, -0.15) is 0 Å². The van der Waals surface area contributed by atoms with Crippen LogP contribution < -0.4 is 10.6 Å². The molecule has 1 aromatic heterocycles. The highest BCUT2D eigenvalue weighted by molar-refractivity contribution is 6.34. The van der Waals surface area contributed by atoms with Crippen molar-refractivity contribution >= 4 is 29.2 Å². The van der Waals surface area contributed by atoms with Gasteiger partial charge in [0.1, 0.15) is 17.3 Å². The zero-order chi connectivity index (χ0) is 22.9. The van der Waals surface area contributed by atoms with E-state index in [0.29, 0.717) is 39.9 Å². The Labute approximate surface area is 191 Å². The minimum Gasteiger partial charge on any atom is -0.457 e. The number of fused-ring (bicyclic) bond motifs is 1. The quantitative estimate of drug-likeness (QED) is 0.584. The fourth-order valence-electron chi connectivity index (χ4n) is 4.36. The number of hydrogen-bond donors (Lipinski definition) is 2. The highest BCUT2D eigenvalue weighted by Crippen LogP contribution is 2.34. The molecule has 0 saturated carbocycles. The second-order valence-electron chi connectivity index (χ2n) is 8.34. The van der Waals surface area contributed by atoms with Gasteiger partial charge in [-0.3, -0.25) is 9.59 Å². The van der Waals surface area contributed by atoms with Gasteiger partial charge in [-0.05, 0) is 68.4 Å². The predicted molar refractivity (Wildman–Crippen MR) is 125 cm³/mol. The molecule has 0 radical (unpaired) electrons. The van der Waals surface area contributed by atoms with E-state index in [4.69, 9.17) is 4.42 Å². The maximum atomic E-state index is 13.6. The molecule has 6 nitrogen and oxygen atoms in total. The van der Waals surface area contributed by atoms with Crippen molar-refractivity contribution in [3.05, 3.63) is 77.3 Å². The molecule has 0 spiro atoms. The van der Waals surface area contributed by atoms with Gasteiger partial charge in [0.25, 0.3) is 11.8 Å². The van der Waals surface area contributed by atoms with E-state index in [1.54, 1.807) is 18.2 Å². The number of furan rings is 1. The molecular weight excluding hydrogens is 421 g/mol. The molecule has 0 bridgehead atoms. The van der Waals surface area contributed by atoms with Crippen LogP contribution in [0, 0.1) is 5.82 Å². The summed E-state index contributed by atoms with van der Waals surface area (Å²) in [7, 11) is 1.96. The third-order valence-electron chi connectivity index (χ3n) is 6.28. The lowest BCUT2D eigenvalue weighted by molar-refractivity contribution is -0.110. The molecule has 2 aliphatic rings. The standard InChI is InChI=1S/C26H24FN3O3/c1-28-19-10-12-30(13-11-19)26(32)17-4-2-16(3-5-17)24-9-7-20(33-24)15-22-21-14-18(27)6-8-23(21)29-25(22)31/h2-9,14-15,19,28H,10-13H2,1H3,(H,29,31)/b22-15+. The summed E-state index contributed by atoms with van der Waals surface area (Å²) in [6.45, 7) is 1.51. The van der Waals surface area contributed by atoms with Gasteiger partial charge in [0.15, 0.2) is 0 Å². The van der Waals surface area contributed by atoms with Crippen molar-refractivity contribution in [2.75, 3.05) is 25.5 Å². The number of carbonyl (C=O) groups is 2. The molecule has 0 aliphatic carbocycles. The fraction of sp³-hybridized carbons (Fsp3) is 0.231. The summed E-state index contributed by atoms with van der Waals surface area (Å²) >= 11 is 0. The van der Waals surface area contributed by atoms with Crippen LogP contribution in [0.5, 0.6) is 0 Å². The van der Waals surface area contributed by atoms with E-state index in [-0.39, 0.29) is 11.8 Å². The summed E-state index contributed by atoms with van der Waals surface area (Å²) in [5.74, 6) is 0.444. The third-order valence-corrected chi connectivity index (χ3v) is 6.28. The Morgan fingerprint density at radius 2 is 1.88 bits per heavy atom. The molecule has 33 heavy (non-hydrogen) atoms. The van der Waals surface area contributed by atoms with Crippen LogP contribution in [0.2, 0.25) is 0 Å². The monoisotopic (exact) mass is 445 g/mol. The van der Waals surface area contributed by atoms with Crippen LogP contribution in [0.3, 0.4) is 0 Å². The van der Waals surface area contributed by atoms with Crippen LogP contribution in [-0.4, -0.2) is 42.9 Å². The average molecular weight is 445 g/mol. The van der Waals surface area contributed by atoms with E-state index in [0.717, 1.165) is 31.5 Å². The zero-order valence-electron chi connectivity index (χ0n) is 18.2. The van der Waals surface area contributed by atoms with Gasteiger partial charge >= 0.3 is 0 Å². The first kappa shape index (κ1) is 21.2. The zero-order valence-corrected chi connectivity index (χ0v) is 18.2. The van der Waals surface area contributed by atoms with Crippen molar-refractivity contribution in [3.63, 3.8) is 0 Å². The molecule has 7 heteroatoms. The van der Waals surface area contributed by atoms with Crippen molar-refractivity contribution in [1.29, 1.82) is 0 Å². The molecule has 2 amide bonds. The number of piperidine rings is 1. The van der Waals surface area contributed by atoms with E-state index in [2.05, 4.69) is 10.6 Å². The van der Waals surface area contributed by atoms with E-state index in [1.165, 1.54) is 12.1 Å². The first-order valence-electron chi connectivity index (χ1n) is 11.0. The van der Waals surface area contributed by atoms with Crippen molar-refractivity contribution in [2.24, 2.45) is 0 Å². The second-order valence-corrected chi connectivity index (χ2v) is 8.34. The lowest BCUT2D eigenvalue weighted by Crippen LogP contribution is -2.43. The second kappa shape index (κ2) is 8.67. The Kier molecular flexibility index (Phi) is 5.56. The number of anilines is 1. The van der Waals surface area contributed by atoms with Gasteiger partial charge in [0.2, 0.25) is 0 Å². The molecule has 3 aromatic rings.